The van der Waals surface area contributed by atoms with E-state index < -0.39 is 0 Å². The molecule has 0 bridgehead atoms. The molecule has 0 radical (unpaired) electrons. The Kier molecular flexibility index (Phi) is 5.99. The van der Waals surface area contributed by atoms with E-state index in [9.17, 15) is 0 Å². The summed E-state index contributed by atoms with van der Waals surface area (Å²) in [6.07, 6.45) is 0. The van der Waals surface area contributed by atoms with E-state index in [-0.39, 0.29) is 0 Å². The number of thiophene rings is 2. The van der Waals surface area contributed by atoms with Gasteiger partial charge in [-0.2, -0.15) is 0 Å². The van der Waals surface area contributed by atoms with Crippen LogP contribution in [-0.4, -0.2) is 15.0 Å². The molecule has 11 rings (SSSR count). The Hall–Kier alpha value is -6.01. The van der Waals surface area contributed by atoms with Crippen molar-refractivity contribution in [1.82, 2.24) is 15.0 Å². The molecular weight excluding hydrogens is 647 g/mol. The zero-order chi connectivity index (χ0) is 32.8. The topological polar surface area (TPSA) is 38.7 Å². The van der Waals surface area contributed by atoms with Gasteiger partial charge in [0.15, 0.2) is 17.5 Å². The van der Waals surface area contributed by atoms with Crippen molar-refractivity contribution in [2.75, 3.05) is 0 Å². The fourth-order valence-corrected chi connectivity index (χ4v) is 9.97. The monoisotopic (exact) mass is 671 g/mol. The van der Waals surface area contributed by atoms with Crippen molar-refractivity contribution in [2.24, 2.45) is 0 Å². The molecule has 0 N–H and O–H groups in total. The van der Waals surface area contributed by atoms with Crippen LogP contribution in [0.25, 0.3) is 107 Å². The van der Waals surface area contributed by atoms with Crippen LogP contribution < -0.4 is 0 Å². The first-order valence-corrected chi connectivity index (χ1v) is 18.3. The van der Waals surface area contributed by atoms with Gasteiger partial charge in [0.25, 0.3) is 0 Å². The smallest absolute Gasteiger partial charge is 0.164 e. The Bertz CT molecular complexity index is 3160. The van der Waals surface area contributed by atoms with Crippen LogP contribution in [0, 0.1) is 0 Å². The molecule has 5 heteroatoms. The van der Waals surface area contributed by atoms with Gasteiger partial charge in [-0.15, -0.1) is 22.7 Å². The Morgan fingerprint density at radius 2 is 0.980 bits per heavy atom. The first-order valence-electron chi connectivity index (χ1n) is 16.7. The molecule has 0 saturated heterocycles. The van der Waals surface area contributed by atoms with Crippen LogP contribution in [0.5, 0.6) is 0 Å². The molecule has 0 aliphatic rings. The van der Waals surface area contributed by atoms with Crippen LogP contribution in [0.2, 0.25) is 0 Å². The summed E-state index contributed by atoms with van der Waals surface area (Å²) in [4.78, 5) is 15.7. The van der Waals surface area contributed by atoms with Gasteiger partial charge in [-0.3, -0.25) is 0 Å². The van der Waals surface area contributed by atoms with E-state index in [0.717, 1.165) is 16.7 Å². The summed E-state index contributed by atoms with van der Waals surface area (Å²) in [6, 6.07) is 54.3. The van der Waals surface area contributed by atoms with Crippen LogP contribution in [0.15, 0.2) is 152 Å². The van der Waals surface area contributed by atoms with Crippen LogP contribution in [-0.2, 0) is 0 Å². The lowest BCUT2D eigenvalue weighted by atomic mass is 9.95. The second-order valence-electron chi connectivity index (χ2n) is 12.8. The molecule has 0 atom stereocenters. The molecule has 0 fully saturated rings. The Morgan fingerprint density at radius 3 is 1.84 bits per heavy atom. The van der Waals surface area contributed by atoms with Gasteiger partial charge in [-0.1, -0.05) is 121 Å². The van der Waals surface area contributed by atoms with Gasteiger partial charge < -0.3 is 0 Å². The summed E-state index contributed by atoms with van der Waals surface area (Å²) >= 11 is 3.67. The second-order valence-corrected chi connectivity index (χ2v) is 14.9. The number of aromatic nitrogens is 3. The van der Waals surface area contributed by atoms with Crippen molar-refractivity contribution < 1.29 is 0 Å². The average molecular weight is 672 g/mol. The van der Waals surface area contributed by atoms with Crippen molar-refractivity contribution in [2.45, 2.75) is 0 Å². The van der Waals surface area contributed by atoms with E-state index in [0.29, 0.717) is 17.5 Å². The van der Waals surface area contributed by atoms with Gasteiger partial charge in [0.05, 0.1) is 0 Å². The number of nitrogens with zero attached hydrogens (tertiary/aromatic N) is 3. The van der Waals surface area contributed by atoms with Gasteiger partial charge >= 0.3 is 0 Å². The largest absolute Gasteiger partial charge is 0.208 e. The maximum Gasteiger partial charge on any atom is 0.164 e. The zero-order valence-electron chi connectivity index (χ0n) is 26.6. The third-order valence-electron chi connectivity index (χ3n) is 9.86. The molecule has 0 saturated carbocycles. The van der Waals surface area contributed by atoms with Crippen LogP contribution in [0.3, 0.4) is 0 Å². The molecule has 0 amide bonds. The molecule has 50 heavy (non-hydrogen) atoms. The predicted octanol–water partition coefficient (Wildman–Crippen LogP) is 13.1. The van der Waals surface area contributed by atoms with E-state index >= 15 is 0 Å². The summed E-state index contributed by atoms with van der Waals surface area (Å²) in [5.74, 6) is 2.02. The summed E-state index contributed by atoms with van der Waals surface area (Å²) in [5, 5.41) is 12.4. The molecule has 0 spiro atoms. The summed E-state index contributed by atoms with van der Waals surface area (Å²) < 4.78 is 5.02. The highest BCUT2D eigenvalue weighted by molar-refractivity contribution is 7.27. The highest BCUT2D eigenvalue weighted by atomic mass is 32.1. The van der Waals surface area contributed by atoms with Crippen molar-refractivity contribution in [3.8, 4) is 34.2 Å². The SMILES string of the molecule is c1ccc(-c2nc(-c3ccc4c(c3)sc3ccccc34)nc(-c3cc4ccc5ccccc5c4c4sc5cc6ccccc6cc5c34)n2)cc1. The second kappa shape index (κ2) is 10.7. The first kappa shape index (κ1) is 27.9. The van der Waals surface area contributed by atoms with Crippen molar-refractivity contribution in [3.63, 3.8) is 0 Å². The molecule has 232 valence electrons. The maximum atomic E-state index is 5.32. The quantitative estimate of drug-likeness (QED) is 0.176. The number of rotatable bonds is 3. The number of hydrogen-bond donors (Lipinski definition) is 0. The van der Waals surface area contributed by atoms with E-state index in [1.807, 2.05) is 40.9 Å². The molecule has 3 aromatic heterocycles. The van der Waals surface area contributed by atoms with Crippen LogP contribution in [0.1, 0.15) is 0 Å². The summed E-state index contributed by atoms with van der Waals surface area (Å²) in [5.41, 5.74) is 2.96. The zero-order valence-corrected chi connectivity index (χ0v) is 28.2. The minimum absolute atomic E-state index is 0.666. The number of fused-ring (bicyclic) bond motifs is 11. The molecule has 3 heterocycles. The minimum atomic E-state index is 0.666. The molecule has 0 unspecified atom stereocenters. The highest BCUT2D eigenvalue weighted by Crippen LogP contribution is 2.47. The summed E-state index contributed by atoms with van der Waals surface area (Å²) in [6.45, 7) is 0. The maximum absolute atomic E-state index is 5.32. The molecule has 3 nitrogen and oxygen atoms in total. The fourth-order valence-electron chi connectivity index (χ4n) is 7.50. The van der Waals surface area contributed by atoms with Gasteiger partial charge in [0.1, 0.15) is 0 Å². The Labute approximate surface area is 294 Å². The predicted molar refractivity (Wildman–Crippen MR) is 214 cm³/mol. The Balaban J connectivity index is 1.24. The fraction of sp³-hybridized carbons (Fsp3) is 0. The molecular formula is C45H25N3S2. The molecule has 0 aliphatic heterocycles. The average Bonchev–Trinajstić information content (AvgIpc) is 3.74. The van der Waals surface area contributed by atoms with E-state index in [2.05, 4.69) is 133 Å². The van der Waals surface area contributed by atoms with Gasteiger partial charge in [0, 0.05) is 62.4 Å². The van der Waals surface area contributed by atoms with Crippen molar-refractivity contribution in [1.29, 1.82) is 0 Å². The normalized spacial score (nSPS) is 12.0. The van der Waals surface area contributed by atoms with Crippen LogP contribution in [0.4, 0.5) is 0 Å². The molecule has 8 aromatic carbocycles. The van der Waals surface area contributed by atoms with Gasteiger partial charge in [-0.05, 0) is 57.3 Å². The molecule has 0 aliphatic carbocycles. The number of hydrogen-bond acceptors (Lipinski definition) is 5. The van der Waals surface area contributed by atoms with E-state index in [1.54, 1.807) is 0 Å². The van der Waals surface area contributed by atoms with Crippen molar-refractivity contribution >= 4 is 95.3 Å². The summed E-state index contributed by atoms with van der Waals surface area (Å²) in [7, 11) is 0. The third kappa shape index (κ3) is 4.24. The van der Waals surface area contributed by atoms with E-state index in [4.69, 9.17) is 15.0 Å². The first-order chi connectivity index (χ1) is 24.7. The standard InChI is InChI=1S/C45H25N3S2/c1-2-11-27(12-3-1)43-46-44(31-20-21-34-33-16-8-9-17-37(33)49-38(34)25-31)48-45(47-43)36-23-30-19-18-26-10-6-7-15-32(26)40(30)42-41(36)35-22-28-13-4-5-14-29(28)24-39(35)50-42/h1-25H. The van der Waals surface area contributed by atoms with Crippen LogP contribution >= 0.6 is 22.7 Å². The van der Waals surface area contributed by atoms with E-state index in [1.165, 1.54) is 72.7 Å². The molecule has 11 aromatic rings. The number of benzene rings is 8. The van der Waals surface area contributed by atoms with Gasteiger partial charge in [0.2, 0.25) is 0 Å². The minimum Gasteiger partial charge on any atom is -0.208 e. The van der Waals surface area contributed by atoms with Gasteiger partial charge in [-0.25, -0.2) is 15.0 Å². The Morgan fingerprint density at radius 1 is 0.340 bits per heavy atom. The third-order valence-corrected chi connectivity index (χ3v) is 12.2. The highest BCUT2D eigenvalue weighted by Gasteiger charge is 2.21. The lowest BCUT2D eigenvalue weighted by molar-refractivity contribution is 1.08. The van der Waals surface area contributed by atoms with Crippen molar-refractivity contribution in [3.05, 3.63) is 152 Å². The lowest BCUT2D eigenvalue weighted by Crippen LogP contribution is -2.00. The lowest BCUT2D eigenvalue weighted by Gasteiger charge is -2.12.